The third kappa shape index (κ3) is 7.09. The van der Waals surface area contributed by atoms with E-state index in [9.17, 15) is 15.0 Å². The van der Waals surface area contributed by atoms with Gasteiger partial charge in [-0.15, -0.1) is 0 Å². The van der Waals surface area contributed by atoms with Crippen LogP contribution in [-0.4, -0.2) is 64.2 Å². The van der Waals surface area contributed by atoms with Crippen molar-refractivity contribution < 1.29 is 15.0 Å². The van der Waals surface area contributed by atoms with E-state index < -0.39 is 6.10 Å². The lowest BCUT2D eigenvalue weighted by molar-refractivity contribution is -0.139. The average Bonchev–Trinajstić information content (AvgIpc) is 3.76. The molecule has 5 nitrogen and oxygen atoms in total. The zero-order valence-corrected chi connectivity index (χ0v) is 24.7. The van der Waals surface area contributed by atoms with Crippen LogP contribution in [0.5, 0.6) is 5.75 Å². The van der Waals surface area contributed by atoms with Crippen LogP contribution in [0.4, 0.5) is 0 Å². The zero-order chi connectivity index (χ0) is 28.1. The highest BCUT2D eigenvalue weighted by Gasteiger charge is 2.53. The van der Waals surface area contributed by atoms with E-state index in [0.717, 1.165) is 76.2 Å². The van der Waals surface area contributed by atoms with E-state index in [1.807, 2.05) is 12.1 Å². The van der Waals surface area contributed by atoms with Gasteiger partial charge < -0.3 is 20.0 Å². The summed E-state index contributed by atoms with van der Waals surface area (Å²) in [5.41, 5.74) is 2.26. The summed E-state index contributed by atoms with van der Waals surface area (Å²) < 4.78 is 0. The number of aromatic hydroxyl groups is 1. The van der Waals surface area contributed by atoms with Gasteiger partial charge in [-0.3, -0.25) is 4.79 Å². The van der Waals surface area contributed by atoms with E-state index in [1.165, 1.54) is 18.4 Å². The van der Waals surface area contributed by atoms with Gasteiger partial charge >= 0.3 is 0 Å². The van der Waals surface area contributed by atoms with E-state index >= 15 is 0 Å². The van der Waals surface area contributed by atoms with Crippen molar-refractivity contribution in [1.82, 2.24) is 9.80 Å². The SMILES string of the molecule is CC(C)CN(C(=O)CCCCCc1ccccc1)[C@@H]1CC(O)[C@@H]2CN(CC3CC3)CC[C@@]2(c2cccc(O)c2)C1. The van der Waals surface area contributed by atoms with Crippen molar-refractivity contribution >= 4 is 5.91 Å². The first-order valence-electron chi connectivity index (χ1n) is 15.9. The van der Waals surface area contributed by atoms with Gasteiger partial charge in [0.15, 0.2) is 0 Å². The lowest BCUT2D eigenvalue weighted by Crippen LogP contribution is -2.61. The zero-order valence-electron chi connectivity index (χ0n) is 24.7. The van der Waals surface area contributed by atoms with Gasteiger partial charge in [0.1, 0.15) is 5.75 Å². The maximum atomic E-state index is 13.7. The molecule has 0 bridgehead atoms. The molecule has 1 amide bonds. The molecule has 218 valence electrons. The van der Waals surface area contributed by atoms with Crippen LogP contribution in [0.2, 0.25) is 0 Å². The quantitative estimate of drug-likeness (QED) is 0.313. The molecular formula is C35H50N2O3. The Bertz CT molecular complexity index is 1100. The van der Waals surface area contributed by atoms with Crippen LogP contribution < -0.4 is 0 Å². The standard InChI is InChI=1S/C35H50N2O3/c1-26(2)23-37(34(40)15-8-4-7-12-27-10-5-3-6-11-27)30-21-33(39)32-25-36(24-28-16-17-28)19-18-35(32,22-30)29-13-9-14-31(38)20-29/h3,5-6,9-11,13-14,20,26,28,30,32-33,38-39H,4,7-8,12,15-19,21-25H2,1-2H3/t30-,32+,33?,35+/m1/s1. The van der Waals surface area contributed by atoms with Gasteiger partial charge in [0.25, 0.3) is 0 Å². The number of likely N-dealkylation sites (tertiary alicyclic amines) is 1. The molecule has 40 heavy (non-hydrogen) atoms. The molecule has 2 saturated carbocycles. The van der Waals surface area contributed by atoms with Crippen molar-refractivity contribution in [2.24, 2.45) is 17.8 Å². The van der Waals surface area contributed by atoms with E-state index in [-0.39, 0.29) is 29.0 Å². The van der Waals surface area contributed by atoms with E-state index in [0.29, 0.717) is 18.8 Å². The number of piperidine rings is 1. The lowest BCUT2D eigenvalue weighted by Gasteiger charge is -2.56. The van der Waals surface area contributed by atoms with Gasteiger partial charge in [-0.1, -0.05) is 62.7 Å². The highest BCUT2D eigenvalue weighted by molar-refractivity contribution is 5.76. The third-order valence-corrected chi connectivity index (χ3v) is 9.77. The number of nitrogens with zero attached hydrogens (tertiary/aromatic N) is 2. The molecule has 2 aromatic rings. The van der Waals surface area contributed by atoms with Crippen molar-refractivity contribution in [3.8, 4) is 5.75 Å². The van der Waals surface area contributed by atoms with Gasteiger partial charge in [0.05, 0.1) is 6.10 Å². The molecule has 2 aliphatic carbocycles. The van der Waals surface area contributed by atoms with Crippen LogP contribution in [0.1, 0.15) is 82.8 Å². The highest BCUT2D eigenvalue weighted by Crippen LogP contribution is 2.51. The molecule has 1 unspecified atom stereocenters. The van der Waals surface area contributed by atoms with Crippen LogP contribution in [0, 0.1) is 17.8 Å². The van der Waals surface area contributed by atoms with E-state index in [1.54, 1.807) is 6.07 Å². The average molecular weight is 547 g/mol. The van der Waals surface area contributed by atoms with E-state index in [2.05, 4.69) is 60.0 Å². The molecular weight excluding hydrogens is 496 g/mol. The van der Waals surface area contributed by atoms with E-state index in [4.69, 9.17) is 0 Å². The Morgan fingerprint density at radius 3 is 2.60 bits per heavy atom. The number of aliphatic hydroxyl groups is 1. The van der Waals surface area contributed by atoms with Crippen LogP contribution in [-0.2, 0) is 16.6 Å². The van der Waals surface area contributed by atoms with Crippen molar-refractivity contribution in [3.63, 3.8) is 0 Å². The predicted molar refractivity (Wildman–Crippen MR) is 161 cm³/mol. The summed E-state index contributed by atoms with van der Waals surface area (Å²) in [6.45, 7) is 8.16. The number of carbonyl (C=O) groups excluding carboxylic acids is 1. The number of fused-ring (bicyclic) bond motifs is 1. The van der Waals surface area contributed by atoms with Gasteiger partial charge in [0.2, 0.25) is 5.91 Å². The predicted octanol–water partition coefficient (Wildman–Crippen LogP) is 6.17. The number of aliphatic hydroxyl groups excluding tert-OH is 1. The number of amides is 1. The summed E-state index contributed by atoms with van der Waals surface area (Å²) in [4.78, 5) is 18.4. The summed E-state index contributed by atoms with van der Waals surface area (Å²) in [5, 5.41) is 22.2. The van der Waals surface area contributed by atoms with Gasteiger partial charge in [-0.25, -0.2) is 0 Å². The Labute approximate surface area is 241 Å². The first kappa shape index (κ1) is 29.1. The summed E-state index contributed by atoms with van der Waals surface area (Å²) in [5.74, 6) is 1.84. The minimum absolute atomic E-state index is 0.0165. The number of aryl methyl sites for hydroxylation is 1. The Hall–Kier alpha value is -2.37. The number of phenolic OH excluding ortho intramolecular Hbond substituents is 1. The Morgan fingerprint density at radius 2 is 1.88 bits per heavy atom. The largest absolute Gasteiger partial charge is 0.508 e. The minimum Gasteiger partial charge on any atom is -0.508 e. The highest BCUT2D eigenvalue weighted by atomic mass is 16.3. The third-order valence-electron chi connectivity index (χ3n) is 9.77. The molecule has 1 aliphatic heterocycles. The molecule has 3 fully saturated rings. The Balaban J connectivity index is 1.29. The Morgan fingerprint density at radius 1 is 1.07 bits per heavy atom. The Kier molecular flexibility index (Phi) is 9.53. The first-order valence-corrected chi connectivity index (χ1v) is 15.9. The summed E-state index contributed by atoms with van der Waals surface area (Å²) in [7, 11) is 0. The number of carbonyl (C=O) groups is 1. The summed E-state index contributed by atoms with van der Waals surface area (Å²) in [6, 6.07) is 18.3. The van der Waals surface area contributed by atoms with Crippen molar-refractivity contribution in [1.29, 1.82) is 0 Å². The number of unbranched alkanes of at least 4 members (excludes halogenated alkanes) is 2. The van der Waals surface area contributed by atoms with Gasteiger partial charge in [-0.05, 0) is 93.0 Å². The van der Waals surface area contributed by atoms with Crippen molar-refractivity contribution in [2.45, 2.75) is 95.6 Å². The van der Waals surface area contributed by atoms with Gasteiger partial charge in [-0.2, -0.15) is 0 Å². The molecule has 5 heteroatoms. The fourth-order valence-corrected chi connectivity index (χ4v) is 7.56. The molecule has 3 aliphatic rings. The fourth-order valence-electron chi connectivity index (χ4n) is 7.56. The summed E-state index contributed by atoms with van der Waals surface area (Å²) >= 11 is 0. The second-order valence-electron chi connectivity index (χ2n) is 13.4. The number of hydrogen-bond donors (Lipinski definition) is 2. The maximum Gasteiger partial charge on any atom is 0.222 e. The topological polar surface area (TPSA) is 64.0 Å². The number of hydrogen-bond acceptors (Lipinski definition) is 4. The van der Waals surface area contributed by atoms with Crippen molar-refractivity contribution in [2.75, 3.05) is 26.2 Å². The number of rotatable bonds is 12. The monoisotopic (exact) mass is 546 g/mol. The smallest absolute Gasteiger partial charge is 0.222 e. The van der Waals surface area contributed by atoms with Gasteiger partial charge in [0, 0.05) is 43.4 Å². The molecule has 0 spiro atoms. The van der Waals surface area contributed by atoms with Crippen LogP contribution >= 0.6 is 0 Å². The maximum absolute atomic E-state index is 13.7. The molecule has 5 rings (SSSR count). The fraction of sp³-hybridized carbons (Fsp3) is 0.629. The number of phenols is 1. The van der Waals surface area contributed by atoms with Crippen LogP contribution in [0.25, 0.3) is 0 Å². The lowest BCUT2D eigenvalue weighted by atomic mass is 9.56. The molecule has 0 radical (unpaired) electrons. The molecule has 2 N–H and O–H groups in total. The van der Waals surface area contributed by atoms with Crippen LogP contribution in [0.15, 0.2) is 54.6 Å². The molecule has 1 heterocycles. The minimum atomic E-state index is -0.462. The molecule has 0 aromatic heterocycles. The number of benzene rings is 2. The van der Waals surface area contributed by atoms with Crippen LogP contribution in [0.3, 0.4) is 0 Å². The molecule has 2 aromatic carbocycles. The first-order chi connectivity index (χ1) is 19.3. The normalized spacial score (nSPS) is 26.9. The summed E-state index contributed by atoms with van der Waals surface area (Å²) in [6.07, 6.45) is 9.38. The van der Waals surface area contributed by atoms with Crippen molar-refractivity contribution in [3.05, 3.63) is 65.7 Å². The second-order valence-corrected chi connectivity index (χ2v) is 13.4. The second kappa shape index (κ2) is 13.1. The molecule has 1 saturated heterocycles. The molecule has 4 atom stereocenters.